The molecule has 2 amide bonds. The lowest BCUT2D eigenvalue weighted by molar-refractivity contribution is -0.137. The molecule has 0 N–H and O–H groups in total. The molecule has 0 atom stereocenters. The molecule has 0 radical (unpaired) electrons. The number of hydrogen-bond acceptors (Lipinski definition) is 4. The van der Waals surface area contributed by atoms with Gasteiger partial charge in [0.2, 0.25) is 0 Å². The molecule has 2 aromatic rings. The summed E-state index contributed by atoms with van der Waals surface area (Å²) >= 11 is 0. The van der Waals surface area contributed by atoms with Crippen molar-refractivity contribution in [3.8, 4) is 5.75 Å². The van der Waals surface area contributed by atoms with Crippen molar-refractivity contribution in [3.63, 3.8) is 0 Å². The molecule has 150 valence electrons. The van der Waals surface area contributed by atoms with Gasteiger partial charge in [-0.1, -0.05) is 44.2 Å². The molecule has 0 saturated heterocycles. The summed E-state index contributed by atoms with van der Waals surface area (Å²) in [7, 11) is 1.61. The number of carbonyl (C=O) groups excluding carboxylic acids is 2. The summed E-state index contributed by atoms with van der Waals surface area (Å²) in [5.74, 6) is 0.501. The minimum Gasteiger partial charge on any atom is -0.497 e. The van der Waals surface area contributed by atoms with Crippen LogP contribution in [0.2, 0.25) is 0 Å². The number of fused-ring (bicyclic) bond motifs is 1. The van der Waals surface area contributed by atoms with Gasteiger partial charge in [0.15, 0.2) is 0 Å². The Labute approximate surface area is 171 Å². The highest BCUT2D eigenvalue weighted by atomic mass is 16.5. The highest BCUT2D eigenvalue weighted by molar-refractivity contribution is 6.36. The number of ether oxygens (including phenoxy) is 1. The zero-order valence-corrected chi connectivity index (χ0v) is 17.1. The number of benzene rings is 2. The monoisotopic (exact) mass is 390 g/mol. The molecule has 2 aliphatic rings. The second-order valence-corrected chi connectivity index (χ2v) is 7.95. The van der Waals surface area contributed by atoms with Gasteiger partial charge in [-0.05, 0) is 48.1 Å². The summed E-state index contributed by atoms with van der Waals surface area (Å²) in [4.78, 5) is 30.2. The number of aryl methyl sites for hydroxylation is 1. The van der Waals surface area contributed by atoms with Gasteiger partial charge in [0, 0.05) is 18.8 Å². The van der Waals surface area contributed by atoms with Gasteiger partial charge in [-0.25, -0.2) is 0 Å². The van der Waals surface area contributed by atoms with Gasteiger partial charge in [-0.15, -0.1) is 0 Å². The van der Waals surface area contributed by atoms with E-state index < -0.39 is 0 Å². The maximum absolute atomic E-state index is 13.4. The van der Waals surface area contributed by atoms with Gasteiger partial charge in [0.25, 0.3) is 11.8 Å². The Morgan fingerprint density at radius 1 is 1.00 bits per heavy atom. The van der Waals surface area contributed by atoms with Gasteiger partial charge < -0.3 is 9.64 Å². The van der Waals surface area contributed by atoms with Crippen molar-refractivity contribution in [3.05, 3.63) is 65.4 Å². The number of nitrogens with zero attached hydrogens (tertiary/aromatic N) is 2. The topological polar surface area (TPSA) is 49.9 Å². The molecule has 5 nitrogen and oxygen atoms in total. The van der Waals surface area contributed by atoms with E-state index in [9.17, 15) is 9.59 Å². The van der Waals surface area contributed by atoms with E-state index in [1.807, 2.05) is 61.2 Å². The van der Waals surface area contributed by atoms with Crippen molar-refractivity contribution in [1.82, 2.24) is 4.90 Å². The first kappa shape index (κ1) is 19.2. The van der Waals surface area contributed by atoms with Crippen LogP contribution < -0.4 is 9.64 Å². The normalized spacial score (nSPS) is 16.7. The Hall–Kier alpha value is -3.08. The van der Waals surface area contributed by atoms with Crippen LogP contribution in [0.25, 0.3) is 5.57 Å². The summed E-state index contributed by atoms with van der Waals surface area (Å²) in [6.07, 6.45) is 1.93. The number of amides is 2. The fourth-order valence-corrected chi connectivity index (χ4v) is 4.13. The first-order valence-electron chi connectivity index (χ1n) is 10.1. The van der Waals surface area contributed by atoms with E-state index in [1.54, 1.807) is 7.11 Å². The molecule has 0 unspecified atom stereocenters. The SMILES string of the molecule is COc1ccc(C2=C(N3CCCc4ccccc43)C(=O)N(CC(C)C)C2=O)cc1. The lowest BCUT2D eigenvalue weighted by Gasteiger charge is -2.32. The fraction of sp³-hybridized carbons (Fsp3) is 0.333. The summed E-state index contributed by atoms with van der Waals surface area (Å²) in [5, 5.41) is 0. The van der Waals surface area contributed by atoms with E-state index in [0.717, 1.165) is 36.4 Å². The number of methoxy groups -OCH3 is 1. The molecule has 0 saturated carbocycles. The Balaban J connectivity index is 1.86. The molecule has 2 aliphatic heterocycles. The third-order valence-electron chi connectivity index (χ3n) is 5.45. The van der Waals surface area contributed by atoms with Crippen LogP contribution >= 0.6 is 0 Å². The van der Waals surface area contributed by atoms with Gasteiger partial charge in [-0.2, -0.15) is 0 Å². The van der Waals surface area contributed by atoms with Crippen molar-refractivity contribution in [2.75, 3.05) is 25.1 Å². The van der Waals surface area contributed by atoms with Crippen molar-refractivity contribution in [2.45, 2.75) is 26.7 Å². The minimum absolute atomic E-state index is 0.202. The number of rotatable bonds is 5. The Morgan fingerprint density at radius 3 is 2.41 bits per heavy atom. The van der Waals surface area contributed by atoms with E-state index in [4.69, 9.17) is 4.74 Å². The highest BCUT2D eigenvalue weighted by Gasteiger charge is 2.42. The standard InChI is InChI=1S/C24H26N2O3/c1-16(2)15-26-23(27)21(18-10-12-19(29-3)13-11-18)22(24(26)28)25-14-6-8-17-7-4-5-9-20(17)25/h4-5,7,9-13,16H,6,8,14-15H2,1-3H3. The summed E-state index contributed by atoms with van der Waals surface area (Å²) in [5.41, 5.74) is 3.95. The smallest absolute Gasteiger partial charge is 0.278 e. The molecule has 2 aromatic carbocycles. The highest BCUT2D eigenvalue weighted by Crippen LogP contribution is 2.38. The molecule has 0 spiro atoms. The average Bonchev–Trinajstić information content (AvgIpc) is 2.97. The van der Waals surface area contributed by atoms with Crippen molar-refractivity contribution in [1.29, 1.82) is 0 Å². The Morgan fingerprint density at radius 2 is 1.72 bits per heavy atom. The van der Waals surface area contributed by atoms with Crippen LogP contribution in [0.5, 0.6) is 5.75 Å². The number of anilines is 1. The molecule has 2 heterocycles. The molecule has 4 rings (SSSR count). The van der Waals surface area contributed by atoms with Crippen LogP contribution in [0.1, 0.15) is 31.4 Å². The van der Waals surface area contributed by atoms with Crippen LogP contribution in [-0.2, 0) is 16.0 Å². The summed E-state index contributed by atoms with van der Waals surface area (Å²) < 4.78 is 5.25. The predicted molar refractivity (Wildman–Crippen MR) is 114 cm³/mol. The molecule has 5 heteroatoms. The molecule has 0 fully saturated rings. The van der Waals surface area contributed by atoms with E-state index in [0.29, 0.717) is 17.8 Å². The summed E-state index contributed by atoms with van der Waals surface area (Å²) in [6.45, 7) is 5.17. The van der Waals surface area contributed by atoms with Crippen LogP contribution in [0.3, 0.4) is 0 Å². The number of para-hydroxylation sites is 1. The Kier molecular flexibility index (Phi) is 5.14. The summed E-state index contributed by atoms with van der Waals surface area (Å²) in [6, 6.07) is 15.5. The largest absolute Gasteiger partial charge is 0.497 e. The third kappa shape index (κ3) is 3.41. The number of hydrogen-bond donors (Lipinski definition) is 0. The molecular formula is C24H26N2O3. The van der Waals surface area contributed by atoms with Crippen LogP contribution in [0, 0.1) is 5.92 Å². The average molecular weight is 390 g/mol. The van der Waals surface area contributed by atoms with Gasteiger partial charge in [-0.3, -0.25) is 14.5 Å². The fourth-order valence-electron chi connectivity index (χ4n) is 4.13. The van der Waals surface area contributed by atoms with Crippen molar-refractivity contribution in [2.24, 2.45) is 5.92 Å². The van der Waals surface area contributed by atoms with Gasteiger partial charge in [0.05, 0.1) is 12.7 Å². The second-order valence-electron chi connectivity index (χ2n) is 7.95. The quantitative estimate of drug-likeness (QED) is 0.727. The van der Waals surface area contributed by atoms with E-state index >= 15 is 0 Å². The Bertz CT molecular complexity index is 976. The lowest BCUT2D eigenvalue weighted by Crippen LogP contribution is -2.38. The molecule has 29 heavy (non-hydrogen) atoms. The number of carbonyl (C=O) groups is 2. The molecule has 0 bridgehead atoms. The zero-order valence-electron chi connectivity index (χ0n) is 17.1. The van der Waals surface area contributed by atoms with E-state index in [-0.39, 0.29) is 17.7 Å². The lowest BCUT2D eigenvalue weighted by atomic mass is 9.98. The third-order valence-corrected chi connectivity index (χ3v) is 5.45. The maximum atomic E-state index is 13.4. The number of imide groups is 1. The van der Waals surface area contributed by atoms with Crippen molar-refractivity contribution < 1.29 is 14.3 Å². The first-order chi connectivity index (χ1) is 14.0. The van der Waals surface area contributed by atoms with Crippen molar-refractivity contribution >= 4 is 23.1 Å². The predicted octanol–water partition coefficient (Wildman–Crippen LogP) is 3.88. The van der Waals surface area contributed by atoms with Crippen LogP contribution in [0.4, 0.5) is 5.69 Å². The van der Waals surface area contributed by atoms with Gasteiger partial charge in [0.1, 0.15) is 11.4 Å². The van der Waals surface area contributed by atoms with Crippen LogP contribution in [0.15, 0.2) is 54.2 Å². The second kappa shape index (κ2) is 7.74. The van der Waals surface area contributed by atoms with E-state index in [2.05, 4.69) is 6.07 Å². The molecule has 0 aliphatic carbocycles. The molecular weight excluding hydrogens is 364 g/mol. The molecule has 0 aromatic heterocycles. The van der Waals surface area contributed by atoms with Crippen LogP contribution in [-0.4, -0.2) is 36.9 Å². The van der Waals surface area contributed by atoms with Gasteiger partial charge >= 0.3 is 0 Å². The zero-order chi connectivity index (χ0) is 20.5. The maximum Gasteiger partial charge on any atom is 0.278 e. The minimum atomic E-state index is -0.216. The first-order valence-corrected chi connectivity index (χ1v) is 10.1. The van der Waals surface area contributed by atoms with E-state index in [1.165, 1.54) is 10.5 Å².